The highest BCUT2D eigenvalue weighted by atomic mass is 16.3. The van der Waals surface area contributed by atoms with Crippen LogP contribution in [0.4, 0.5) is 5.95 Å². The van der Waals surface area contributed by atoms with E-state index in [1.54, 1.807) is 12.1 Å². The maximum absolute atomic E-state index is 12.1. The molecule has 1 fully saturated rings. The van der Waals surface area contributed by atoms with Crippen LogP contribution in [-0.2, 0) is 0 Å². The Kier molecular flexibility index (Phi) is 2.74. The molecular formula is C14H15N3O2. The van der Waals surface area contributed by atoms with Gasteiger partial charge in [0.25, 0.3) is 5.56 Å². The van der Waals surface area contributed by atoms with Gasteiger partial charge in [-0.25, -0.2) is 0 Å². The number of aryl methyl sites for hydroxylation is 1. The summed E-state index contributed by atoms with van der Waals surface area (Å²) < 4.78 is 0. The summed E-state index contributed by atoms with van der Waals surface area (Å²) in [5.41, 5.74) is 1.63. The fraction of sp³-hybridized carbons (Fsp3) is 0.286. The SMILES string of the molecule is Cc1ccc(-c2c(O)nc(NC3CC3)[nH]c2=O)cc1. The quantitative estimate of drug-likeness (QED) is 0.786. The van der Waals surface area contributed by atoms with Gasteiger partial charge in [-0.1, -0.05) is 29.8 Å². The Morgan fingerprint density at radius 1 is 1.32 bits per heavy atom. The Morgan fingerprint density at radius 3 is 2.58 bits per heavy atom. The van der Waals surface area contributed by atoms with Gasteiger partial charge in [0.2, 0.25) is 11.8 Å². The minimum Gasteiger partial charge on any atom is -0.493 e. The molecule has 0 aliphatic heterocycles. The second-order valence-electron chi connectivity index (χ2n) is 4.90. The van der Waals surface area contributed by atoms with Gasteiger partial charge < -0.3 is 10.4 Å². The van der Waals surface area contributed by atoms with Crippen molar-refractivity contribution < 1.29 is 5.11 Å². The molecule has 1 saturated carbocycles. The van der Waals surface area contributed by atoms with Crippen molar-refractivity contribution in [2.24, 2.45) is 0 Å². The number of aromatic hydroxyl groups is 1. The zero-order valence-electron chi connectivity index (χ0n) is 10.6. The number of hydrogen-bond acceptors (Lipinski definition) is 4. The molecule has 0 spiro atoms. The van der Waals surface area contributed by atoms with E-state index >= 15 is 0 Å². The predicted molar refractivity (Wildman–Crippen MR) is 73.3 cm³/mol. The molecule has 0 saturated heterocycles. The van der Waals surface area contributed by atoms with Gasteiger partial charge in [-0.2, -0.15) is 4.98 Å². The van der Waals surface area contributed by atoms with Crippen LogP contribution in [0.25, 0.3) is 11.1 Å². The van der Waals surface area contributed by atoms with Crippen LogP contribution in [-0.4, -0.2) is 21.1 Å². The molecule has 5 nitrogen and oxygen atoms in total. The van der Waals surface area contributed by atoms with Gasteiger partial charge in [0.05, 0.1) is 0 Å². The second kappa shape index (κ2) is 4.42. The Balaban J connectivity index is 2.01. The molecule has 1 heterocycles. The van der Waals surface area contributed by atoms with Crippen molar-refractivity contribution in [3.8, 4) is 17.0 Å². The molecule has 0 atom stereocenters. The third-order valence-electron chi connectivity index (χ3n) is 3.16. The summed E-state index contributed by atoms with van der Waals surface area (Å²) in [6.07, 6.45) is 2.15. The van der Waals surface area contributed by atoms with Gasteiger partial charge in [-0.3, -0.25) is 9.78 Å². The average molecular weight is 257 g/mol. The minimum atomic E-state index is -0.334. The third kappa shape index (κ3) is 2.45. The van der Waals surface area contributed by atoms with E-state index in [1.165, 1.54) is 0 Å². The summed E-state index contributed by atoms with van der Waals surface area (Å²) in [6, 6.07) is 7.76. The molecule has 0 bridgehead atoms. The lowest BCUT2D eigenvalue weighted by Gasteiger charge is -2.07. The van der Waals surface area contributed by atoms with Crippen LogP contribution in [0, 0.1) is 6.92 Å². The number of anilines is 1. The first-order valence-electron chi connectivity index (χ1n) is 6.30. The fourth-order valence-electron chi connectivity index (χ4n) is 1.93. The highest BCUT2D eigenvalue weighted by Crippen LogP contribution is 2.26. The number of hydrogen-bond donors (Lipinski definition) is 3. The standard InChI is InChI=1S/C14H15N3O2/c1-8-2-4-9(5-3-8)11-12(18)16-14(17-13(11)19)15-10-6-7-10/h2-5,10H,6-7H2,1H3,(H3,15,16,17,18,19). The number of nitrogens with zero attached hydrogens (tertiary/aromatic N) is 1. The number of aromatic nitrogens is 2. The smallest absolute Gasteiger partial charge is 0.264 e. The lowest BCUT2D eigenvalue weighted by atomic mass is 10.1. The van der Waals surface area contributed by atoms with Crippen molar-refractivity contribution in [1.82, 2.24) is 9.97 Å². The summed E-state index contributed by atoms with van der Waals surface area (Å²) in [7, 11) is 0. The number of benzene rings is 1. The molecule has 1 aromatic carbocycles. The Morgan fingerprint density at radius 2 is 2.00 bits per heavy atom. The van der Waals surface area contributed by atoms with Crippen LogP contribution < -0.4 is 10.9 Å². The van der Waals surface area contributed by atoms with Crippen molar-refractivity contribution >= 4 is 5.95 Å². The van der Waals surface area contributed by atoms with E-state index in [-0.39, 0.29) is 17.0 Å². The highest BCUT2D eigenvalue weighted by molar-refractivity contribution is 5.68. The van der Waals surface area contributed by atoms with E-state index in [2.05, 4.69) is 15.3 Å². The molecule has 98 valence electrons. The summed E-state index contributed by atoms with van der Waals surface area (Å²) in [5.74, 6) is 0.0941. The molecule has 3 rings (SSSR count). The highest BCUT2D eigenvalue weighted by Gasteiger charge is 2.22. The zero-order chi connectivity index (χ0) is 13.4. The molecule has 2 aromatic rings. The van der Waals surface area contributed by atoms with Crippen molar-refractivity contribution in [3.63, 3.8) is 0 Å². The van der Waals surface area contributed by atoms with E-state index in [0.717, 1.165) is 18.4 Å². The molecule has 3 N–H and O–H groups in total. The summed E-state index contributed by atoms with van der Waals surface area (Å²) in [5, 5.41) is 13.0. The van der Waals surface area contributed by atoms with E-state index < -0.39 is 0 Å². The van der Waals surface area contributed by atoms with Gasteiger partial charge in [0.15, 0.2) is 0 Å². The number of H-pyrrole nitrogens is 1. The van der Waals surface area contributed by atoms with E-state index in [1.807, 2.05) is 19.1 Å². The molecular weight excluding hydrogens is 242 g/mol. The lowest BCUT2D eigenvalue weighted by Crippen LogP contribution is -2.15. The molecule has 19 heavy (non-hydrogen) atoms. The lowest BCUT2D eigenvalue weighted by molar-refractivity contribution is 0.454. The van der Waals surface area contributed by atoms with Crippen LogP contribution >= 0.6 is 0 Å². The van der Waals surface area contributed by atoms with Crippen molar-refractivity contribution in [2.45, 2.75) is 25.8 Å². The van der Waals surface area contributed by atoms with E-state index in [4.69, 9.17) is 0 Å². The molecule has 1 aliphatic carbocycles. The second-order valence-corrected chi connectivity index (χ2v) is 4.90. The zero-order valence-corrected chi connectivity index (χ0v) is 10.6. The van der Waals surface area contributed by atoms with Crippen LogP contribution in [0.15, 0.2) is 29.1 Å². The average Bonchev–Trinajstić information content (AvgIpc) is 3.14. The number of aromatic amines is 1. The summed E-state index contributed by atoms with van der Waals surface area (Å²) >= 11 is 0. The first-order chi connectivity index (χ1) is 9.13. The molecule has 5 heteroatoms. The Bertz CT molecular complexity index is 657. The first-order valence-corrected chi connectivity index (χ1v) is 6.30. The Labute approximate surface area is 110 Å². The number of rotatable bonds is 3. The first kappa shape index (κ1) is 11.8. The topological polar surface area (TPSA) is 78.0 Å². The van der Waals surface area contributed by atoms with Crippen molar-refractivity contribution in [1.29, 1.82) is 0 Å². The van der Waals surface area contributed by atoms with E-state index in [9.17, 15) is 9.90 Å². The largest absolute Gasteiger partial charge is 0.493 e. The molecule has 1 aromatic heterocycles. The predicted octanol–water partition coefficient (Wildman–Crippen LogP) is 2.03. The van der Waals surface area contributed by atoms with Crippen LogP contribution in [0.2, 0.25) is 0 Å². The third-order valence-corrected chi connectivity index (χ3v) is 3.16. The van der Waals surface area contributed by atoms with Crippen LogP contribution in [0.3, 0.4) is 0 Å². The van der Waals surface area contributed by atoms with Crippen LogP contribution in [0.5, 0.6) is 5.88 Å². The normalized spacial score (nSPS) is 14.4. The number of nitrogens with one attached hydrogen (secondary N) is 2. The van der Waals surface area contributed by atoms with Gasteiger partial charge >= 0.3 is 0 Å². The monoisotopic (exact) mass is 257 g/mol. The minimum absolute atomic E-state index is 0.210. The molecule has 0 amide bonds. The maximum atomic E-state index is 12.1. The summed E-state index contributed by atoms with van der Waals surface area (Å²) in [6.45, 7) is 1.97. The maximum Gasteiger partial charge on any atom is 0.264 e. The molecule has 0 radical (unpaired) electrons. The fourth-order valence-corrected chi connectivity index (χ4v) is 1.93. The Hall–Kier alpha value is -2.30. The van der Waals surface area contributed by atoms with Gasteiger partial charge in [-0.15, -0.1) is 0 Å². The van der Waals surface area contributed by atoms with E-state index in [0.29, 0.717) is 17.6 Å². The van der Waals surface area contributed by atoms with Crippen LogP contribution in [0.1, 0.15) is 18.4 Å². The summed E-state index contributed by atoms with van der Waals surface area (Å²) in [4.78, 5) is 18.7. The van der Waals surface area contributed by atoms with Crippen molar-refractivity contribution in [3.05, 3.63) is 40.2 Å². The molecule has 0 unspecified atom stereocenters. The van der Waals surface area contributed by atoms with Gasteiger partial charge in [0, 0.05) is 6.04 Å². The van der Waals surface area contributed by atoms with Gasteiger partial charge in [-0.05, 0) is 25.3 Å². The van der Waals surface area contributed by atoms with Crippen molar-refractivity contribution in [2.75, 3.05) is 5.32 Å². The van der Waals surface area contributed by atoms with Gasteiger partial charge in [0.1, 0.15) is 5.56 Å². The molecule has 1 aliphatic rings.